The van der Waals surface area contributed by atoms with Crippen molar-refractivity contribution in [1.29, 1.82) is 0 Å². The number of nitrogens with zero attached hydrogens (tertiary/aromatic N) is 3. The van der Waals surface area contributed by atoms with Crippen molar-refractivity contribution in [2.45, 2.75) is 103 Å². The van der Waals surface area contributed by atoms with Gasteiger partial charge in [-0.15, -0.1) is 11.8 Å². The third kappa shape index (κ3) is 28.3. The van der Waals surface area contributed by atoms with Crippen LogP contribution in [0.3, 0.4) is 0 Å². The zero-order chi connectivity index (χ0) is 58.2. The first kappa shape index (κ1) is 68.3. The van der Waals surface area contributed by atoms with Gasteiger partial charge in [0.1, 0.15) is 30.5 Å². The van der Waals surface area contributed by atoms with Gasteiger partial charge in [-0.2, -0.15) is 23.5 Å². The molecule has 1 heterocycles. The van der Waals surface area contributed by atoms with Crippen LogP contribution in [-0.4, -0.2) is 221 Å². The normalized spacial score (nSPS) is 14.3. The van der Waals surface area contributed by atoms with Crippen molar-refractivity contribution >= 4 is 124 Å². The first-order valence-electron chi connectivity index (χ1n) is 24.3. The highest BCUT2D eigenvalue weighted by atomic mass is 32.2. The molecule has 1 saturated heterocycles. The highest BCUT2D eigenvalue weighted by Gasteiger charge is 2.33. The van der Waals surface area contributed by atoms with E-state index in [9.17, 15) is 77.0 Å². The maximum Gasteiger partial charge on any atom is 0.303 e. The lowest BCUT2D eigenvalue weighted by molar-refractivity contribution is -0.157. The minimum atomic E-state index is -1.57. The van der Waals surface area contributed by atoms with Gasteiger partial charge in [0.15, 0.2) is 0 Å². The van der Waals surface area contributed by atoms with E-state index in [1.165, 1.54) is 52.1 Å². The number of carbonyl (C=O) groups is 15. The number of amides is 13. The number of carbonyl (C=O) groups excluding carboxylic acids is 14. The zero-order valence-corrected chi connectivity index (χ0v) is 46.4. The molecule has 0 aromatic heterocycles. The SMILES string of the molecule is CC[C@H](C)[C@H](NC(=O)CNC(=O)[C@H](C)NC(C)=O)C(=O)NCC(=O)N[C@@H](CCC(=O)O)C(=O)NCC(=O)N[C@@H](CCC(N)=O)C(=O)NCC(=O)N[C@H](C=O)CSCC(=O)N1CN(C(=O)CCSC)CN(C(=O)CCSC)C1. The Labute approximate surface area is 458 Å². The van der Waals surface area contributed by atoms with Crippen LogP contribution in [0, 0.1) is 5.92 Å². The lowest BCUT2D eigenvalue weighted by Gasteiger charge is -2.42. The summed E-state index contributed by atoms with van der Waals surface area (Å²) in [6.45, 7) is 3.07. The molecular weight excluding hydrogens is 1070 g/mol. The molecular formula is C45H73N13O16S3. The molecule has 0 bridgehead atoms. The number of aldehydes is 1. The van der Waals surface area contributed by atoms with E-state index in [-0.39, 0.29) is 62.6 Å². The summed E-state index contributed by atoms with van der Waals surface area (Å²) >= 11 is 3.96. The summed E-state index contributed by atoms with van der Waals surface area (Å²) < 4.78 is 0. The second-order valence-corrected chi connectivity index (χ2v) is 20.4. The monoisotopic (exact) mass is 1150 g/mol. The van der Waals surface area contributed by atoms with Gasteiger partial charge in [0.25, 0.3) is 0 Å². The molecule has 0 saturated carbocycles. The lowest BCUT2D eigenvalue weighted by atomic mass is 9.98. The Bertz CT molecular complexity index is 2100. The average Bonchev–Trinajstić information content (AvgIpc) is 3.39. The molecule has 77 heavy (non-hydrogen) atoms. The van der Waals surface area contributed by atoms with E-state index < -0.39 is 153 Å². The van der Waals surface area contributed by atoms with Gasteiger partial charge < -0.3 is 78.2 Å². The zero-order valence-electron chi connectivity index (χ0n) is 44.0. The van der Waals surface area contributed by atoms with Crippen molar-refractivity contribution in [1.82, 2.24) is 62.6 Å². The molecule has 1 rings (SSSR count). The van der Waals surface area contributed by atoms with E-state index in [0.717, 1.165) is 11.8 Å². The summed E-state index contributed by atoms with van der Waals surface area (Å²) in [7, 11) is 0. The molecule has 1 aliphatic heterocycles. The largest absolute Gasteiger partial charge is 0.481 e. The second kappa shape index (κ2) is 37.1. The minimum absolute atomic E-state index is 0.0375. The molecule has 0 spiro atoms. The van der Waals surface area contributed by atoms with Crippen molar-refractivity contribution < 1.29 is 77.0 Å². The van der Waals surface area contributed by atoms with E-state index >= 15 is 0 Å². The van der Waals surface area contributed by atoms with E-state index in [2.05, 4.69) is 47.9 Å². The Morgan fingerprint density at radius 3 is 1.44 bits per heavy atom. The number of thioether (sulfide) groups is 3. The molecule has 0 radical (unpaired) electrons. The number of rotatable bonds is 36. The fraction of sp³-hybridized carbons (Fsp3) is 0.667. The van der Waals surface area contributed by atoms with Gasteiger partial charge in [-0.25, -0.2) is 0 Å². The van der Waals surface area contributed by atoms with Gasteiger partial charge in [0.2, 0.25) is 76.8 Å². The number of nitrogens with two attached hydrogens (primary N) is 1. The molecule has 0 unspecified atom stereocenters. The van der Waals surface area contributed by atoms with E-state index in [0.29, 0.717) is 24.2 Å². The van der Waals surface area contributed by atoms with Crippen LogP contribution in [0.25, 0.3) is 0 Å². The number of primary amides is 1. The lowest BCUT2D eigenvalue weighted by Crippen LogP contribution is -2.59. The Hall–Kier alpha value is -6.70. The van der Waals surface area contributed by atoms with E-state index in [4.69, 9.17) is 5.73 Å². The van der Waals surface area contributed by atoms with Crippen LogP contribution < -0.4 is 53.6 Å². The number of nitrogens with one attached hydrogen (secondary N) is 9. The number of hydrogen-bond acceptors (Lipinski definition) is 18. The van der Waals surface area contributed by atoms with Crippen molar-refractivity contribution in [3.8, 4) is 0 Å². The van der Waals surface area contributed by atoms with Crippen molar-refractivity contribution in [3.63, 3.8) is 0 Å². The van der Waals surface area contributed by atoms with E-state index in [1.54, 1.807) is 13.8 Å². The minimum Gasteiger partial charge on any atom is -0.481 e. The standard InChI is InChI=1S/C45H73N13O16S3/c1-7-26(2)41(55-36(65)19-47-42(71)27(3)51-28(4)60)45(74)50-18-35(64)54-31(9-11-40(69)70)44(73)49-17-34(63)53-30(8-10-32(46)61)43(72)48-16-33(62)52-29(20-59)21-77-22-39(68)58-24-56(37(66)12-14-75-5)23-57(25-58)38(67)13-15-76-6/h20,26-27,29-31,41H,7-19,21-25H2,1-6H3,(H2,46,61)(H,47,71)(H,48,72)(H,49,73)(H,50,74)(H,51,60)(H,52,62)(H,53,63)(H,54,64)(H,55,65)(H,69,70)/t26-,27-,29+,30-,31-,41-/m0/s1. The molecule has 13 amide bonds. The van der Waals surface area contributed by atoms with Crippen LogP contribution in [0.2, 0.25) is 0 Å². The number of hydrogen-bond donors (Lipinski definition) is 11. The van der Waals surface area contributed by atoms with Crippen LogP contribution >= 0.6 is 35.3 Å². The molecule has 1 aliphatic rings. The summed E-state index contributed by atoms with van der Waals surface area (Å²) in [5.74, 6) is -10.2. The Morgan fingerprint density at radius 1 is 0.584 bits per heavy atom. The van der Waals surface area contributed by atoms with Crippen LogP contribution in [-0.2, 0) is 71.9 Å². The molecule has 6 atom stereocenters. The number of carboxylic acids is 1. The Balaban J connectivity index is 2.85. The second-order valence-electron chi connectivity index (χ2n) is 17.4. The van der Waals surface area contributed by atoms with Crippen molar-refractivity contribution in [2.24, 2.45) is 11.7 Å². The molecule has 29 nitrogen and oxygen atoms in total. The average molecular weight is 1150 g/mol. The molecule has 432 valence electrons. The summed E-state index contributed by atoms with van der Waals surface area (Å²) in [5, 5.41) is 30.2. The molecule has 12 N–H and O–H groups in total. The Kier molecular flexibility index (Phi) is 32.9. The van der Waals surface area contributed by atoms with Crippen molar-refractivity contribution in [2.75, 3.05) is 81.7 Å². The molecule has 0 aliphatic carbocycles. The van der Waals surface area contributed by atoms with Crippen LogP contribution in [0.5, 0.6) is 0 Å². The summed E-state index contributed by atoms with van der Waals surface area (Å²) in [6.07, 6.45) is 3.05. The number of carboxylic acid groups (broad SMARTS) is 1. The first-order valence-corrected chi connectivity index (χ1v) is 28.2. The van der Waals surface area contributed by atoms with Gasteiger partial charge in [-0.3, -0.25) is 67.1 Å². The van der Waals surface area contributed by atoms with Crippen LogP contribution in [0.4, 0.5) is 0 Å². The van der Waals surface area contributed by atoms with Gasteiger partial charge in [-0.1, -0.05) is 20.3 Å². The predicted octanol–water partition coefficient (Wildman–Crippen LogP) is -5.10. The summed E-state index contributed by atoms with van der Waals surface area (Å²) in [4.78, 5) is 192. The fourth-order valence-electron chi connectivity index (χ4n) is 6.72. The quantitative estimate of drug-likeness (QED) is 0.0262. The van der Waals surface area contributed by atoms with Crippen LogP contribution in [0.1, 0.15) is 72.6 Å². The molecule has 1 fully saturated rings. The van der Waals surface area contributed by atoms with Gasteiger partial charge in [0.05, 0.1) is 58.0 Å². The van der Waals surface area contributed by atoms with E-state index in [1.807, 2.05) is 12.5 Å². The molecule has 0 aromatic carbocycles. The first-order chi connectivity index (χ1) is 36.3. The fourth-order valence-corrected chi connectivity index (χ4v) is 8.36. The third-order valence-electron chi connectivity index (χ3n) is 11.1. The van der Waals surface area contributed by atoms with Gasteiger partial charge in [-0.05, 0) is 38.2 Å². The third-order valence-corrected chi connectivity index (χ3v) is 13.4. The predicted molar refractivity (Wildman–Crippen MR) is 282 cm³/mol. The summed E-state index contributed by atoms with van der Waals surface area (Å²) in [5.41, 5.74) is 5.25. The summed E-state index contributed by atoms with van der Waals surface area (Å²) in [6, 6.07) is -6.33. The molecule has 32 heteroatoms. The maximum atomic E-state index is 13.3. The van der Waals surface area contributed by atoms with Crippen molar-refractivity contribution in [3.05, 3.63) is 0 Å². The number of aliphatic carboxylic acids is 1. The maximum absolute atomic E-state index is 13.3. The smallest absolute Gasteiger partial charge is 0.303 e. The van der Waals surface area contributed by atoms with Crippen LogP contribution in [0.15, 0.2) is 0 Å². The molecule has 0 aromatic rings. The topological polar surface area (TPSA) is 420 Å². The highest BCUT2D eigenvalue weighted by molar-refractivity contribution is 8.00. The van der Waals surface area contributed by atoms with Gasteiger partial charge in [0, 0.05) is 49.9 Å². The highest BCUT2D eigenvalue weighted by Crippen LogP contribution is 2.15. The van der Waals surface area contributed by atoms with Gasteiger partial charge >= 0.3 is 5.97 Å². The Morgan fingerprint density at radius 2 is 1.01 bits per heavy atom.